The van der Waals surface area contributed by atoms with E-state index >= 15 is 0 Å². The largest absolute Gasteiger partial charge is 0.390 e. The molecule has 0 atom stereocenters. The van der Waals surface area contributed by atoms with Gasteiger partial charge in [0.15, 0.2) is 10.6 Å². The molecule has 2 aromatic rings. The molecule has 0 bridgehead atoms. The first kappa shape index (κ1) is 12.8. The normalized spacial score (nSPS) is 11.7. The Labute approximate surface area is 106 Å². The molecule has 0 aliphatic rings. The summed E-state index contributed by atoms with van der Waals surface area (Å²) < 4.78 is 38.3. The lowest BCUT2D eigenvalue weighted by atomic mass is 10.2. The number of hydrogen-bond donors (Lipinski definition) is 1. The topological polar surface area (TPSA) is 33.6 Å². The highest BCUT2D eigenvalue weighted by atomic mass is 32.1. The number of alkyl halides is 3. The summed E-state index contributed by atoms with van der Waals surface area (Å²) in [6, 6.07) is 8.96. The lowest BCUT2D eigenvalue weighted by Gasteiger charge is -2.09. The van der Waals surface area contributed by atoms with Crippen molar-refractivity contribution < 1.29 is 13.2 Å². The highest BCUT2D eigenvalue weighted by Crippen LogP contribution is 2.23. The predicted octanol–water partition coefficient (Wildman–Crippen LogP) is 3.56. The molecule has 0 radical (unpaired) electrons. The van der Waals surface area contributed by atoms with Crippen LogP contribution in [0.4, 0.5) is 13.2 Å². The molecule has 2 rings (SSSR count). The first-order valence-corrected chi connectivity index (χ1v) is 5.65. The van der Waals surface area contributed by atoms with Crippen LogP contribution in [0.15, 0.2) is 30.3 Å². The minimum atomic E-state index is -4.21. The van der Waals surface area contributed by atoms with Crippen molar-refractivity contribution >= 4 is 12.2 Å². The van der Waals surface area contributed by atoms with Crippen LogP contribution < -0.4 is 0 Å². The van der Waals surface area contributed by atoms with Crippen LogP contribution in [-0.2, 0) is 6.54 Å². The molecule has 1 N–H and O–H groups in total. The van der Waals surface area contributed by atoms with Gasteiger partial charge in [0.25, 0.3) is 0 Å². The van der Waals surface area contributed by atoms with Gasteiger partial charge in [0.2, 0.25) is 0 Å². The first-order chi connectivity index (χ1) is 8.47. The molecule has 0 spiro atoms. The molecule has 3 nitrogen and oxygen atoms in total. The van der Waals surface area contributed by atoms with Gasteiger partial charge in [-0.3, -0.25) is 9.67 Å². The van der Waals surface area contributed by atoms with Gasteiger partial charge in [-0.05, 0) is 12.2 Å². The van der Waals surface area contributed by atoms with Crippen molar-refractivity contribution in [1.29, 1.82) is 0 Å². The van der Waals surface area contributed by atoms with Crippen molar-refractivity contribution in [3.05, 3.63) is 35.1 Å². The maximum Gasteiger partial charge on any atom is 0.390 e. The first-order valence-electron chi connectivity index (χ1n) is 5.25. The molecule has 0 aliphatic heterocycles. The van der Waals surface area contributed by atoms with Gasteiger partial charge in [0, 0.05) is 12.1 Å². The van der Waals surface area contributed by atoms with E-state index in [0.29, 0.717) is 5.82 Å². The monoisotopic (exact) mass is 273 g/mol. The quantitative estimate of drug-likeness (QED) is 0.867. The average Bonchev–Trinajstić information content (AvgIpc) is 2.68. The van der Waals surface area contributed by atoms with E-state index in [-0.39, 0.29) is 11.3 Å². The fourth-order valence-electron chi connectivity index (χ4n) is 1.57. The van der Waals surface area contributed by atoms with Gasteiger partial charge >= 0.3 is 6.18 Å². The number of H-pyrrole nitrogens is 1. The fourth-order valence-corrected chi connectivity index (χ4v) is 1.79. The van der Waals surface area contributed by atoms with Crippen LogP contribution in [0.25, 0.3) is 11.4 Å². The van der Waals surface area contributed by atoms with Crippen LogP contribution in [0.5, 0.6) is 0 Å². The number of hydrogen-bond acceptors (Lipinski definition) is 2. The number of nitrogens with one attached hydrogen (secondary N) is 1. The number of nitrogens with zero attached hydrogens (tertiary/aromatic N) is 2. The average molecular weight is 273 g/mol. The van der Waals surface area contributed by atoms with Crippen molar-refractivity contribution in [3.8, 4) is 11.4 Å². The summed E-state index contributed by atoms with van der Waals surface area (Å²) in [5, 5.41) is 6.49. The van der Waals surface area contributed by atoms with E-state index in [1.807, 2.05) is 6.07 Å². The van der Waals surface area contributed by atoms with Gasteiger partial charge in [-0.15, -0.1) is 0 Å². The SMILES string of the molecule is FC(F)(F)CCn1c(-c2ccccc2)n[nH]c1=S. The zero-order chi connectivity index (χ0) is 13.2. The second kappa shape index (κ2) is 4.93. The molecular weight excluding hydrogens is 263 g/mol. The molecule has 0 saturated carbocycles. The van der Waals surface area contributed by atoms with E-state index < -0.39 is 12.6 Å². The zero-order valence-electron chi connectivity index (χ0n) is 9.24. The van der Waals surface area contributed by atoms with Crippen molar-refractivity contribution in [2.24, 2.45) is 0 Å². The summed E-state index contributed by atoms with van der Waals surface area (Å²) in [6.07, 6.45) is -5.14. The molecule has 7 heteroatoms. The lowest BCUT2D eigenvalue weighted by molar-refractivity contribution is -0.136. The molecule has 96 valence electrons. The molecule has 0 fully saturated rings. The Morgan fingerprint density at radius 1 is 1.22 bits per heavy atom. The van der Waals surface area contributed by atoms with E-state index in [0.717, 1.165) is 5.56 Å². The second-order valence-corrected chi connectivity index (χ2v) is 4.12. The van der Waals surface area contributed by atoms with Crippen LogP contribution in [0.2, 0.25) is 0 Å². The highest BCUT2D eigenvalue weighted by Gasteiger charge is 2.27. The van der Waals surface area contributed by atoms with Gasteiger partial charge in [-0.25, -0.2) is 0 Å². The Bertz CT molecular complexity index is 571. The van der Waals surface area contributed by atoms with E-state index in [1.165, 1.54) is 4.57 Å². The van der Waals surface area contributed by atoms with E-state index in [4.69, 9.17) is 12.2 Å². The van der Waals surface area contributed by atoms with Gasteiger partial charge in [-0.1, -0.05) is 30.3 Å². The molecule has 0 aliphatic carbocycles. The third kappa shape index (κ3) is 2.98. The number of aromatic amines is 1. The summed E-state index contributed by atoms with van der Waals surface area (Å²) in [7, 11) is 0. The van der Waals surface area contributed by atoms with Gasteiger partial charge in [0.05, 0.1) is 6.42 Å². The third-order valence-electron chi connectivity index (χ3n) is 2.41. The van der Waals surface area contributed by atoms with Crippen molar-refractivity contribution in [2.75, 3.05) is 0 Å². The number of rotatable bonds is 3. The Kier molecular flexibility index (Phi) is 3.51. The molecule has 0 amide bonds. The Morgan fingerprint density at radius 3 is 2.50 bits per heavy atom. The Morgan fingerprint density at radius 2 is 1.89 bits per heavy atom. The van der Waals surface area contributed by atoms with Gasteiger partial charge < -0.3 is 0 Å². The standard InChI is InChI=1S/C11H10F3N3S/c12-11(13,14)6-7-17-9(15-16-10(17)18)8-4-2-1-3-5-8/h1-5H,6-7H2,(H,16,18). The van der Waals surface area contributed by atoms with E-state index in [2.05, 4.69) is 10.2 Å². The summed E-state index contributed by atoms with van der Waals surface area (Å²) in [6.45, 7) is -0.233. The predicted molar refractivity (Wildman–Crippen MR) is 63.5 cm³/mol. The molecule has 0 saturated heterocycles. The second-order valence-electron chi connectivity index (χ2n) is 3.74. The lowest BCUT2D eigenvalue weighted by Crippen LogP contribution is -2.13. The Balaban J connectivity index is 2.31. The maximum atomic E-state index is 12.2. The smallest absolute Gasteiger partial charge is 0.300 e. The van der Waals surface area contributed by atoms with Crippen LogP contribution >= 0.6 is 12.2 Å². The van der Waals surface area contributed by atoms with Crippen LogP contribution in [0.3, 0.4) is 0 Å². The molecule has 1 heterocycles. The van der Waals surface area contributed by atoms with Crippen LogP contribution in [0.1, 0.15) is 6.42 Å². The number of aromatic nitrogens is 3. The van der Waals surface area contributed by atoms with Crippen molar-refractivity contribution in [3.63, 3.8) is 0 Å². The number of benzene rings is 1. The van der Waals surface area contributed by atoms with Crippen LogP contribution in [0, 0.1) is 4.77 Å². The summed E-state index contributed by atoms with van der Waals surface area (Å²) in [5.74, 6) is 0.421. The number of halogens is 3. The molecule has 1 aromatic carbocycles. The van der Waals surface area contributed by atoms with Crippen molar-refractivity contribution in [2.45, 2.75) is 19.1 Å². The molecule has 0 unspecified atom stereocenters. The Hall–Kier alpha value is -1.63. The molecule has 1 aromatic heterocycles. The summed E-state index contributed by atoms with van der Waals surface area (Å²) >= 11 is 4.94. The van der Waals surface area contributed by atoms with Crippen molar-refractivity contribution in [1.82, 2.24) is 14.8 Å². The minimum Gasteiger partial charge on any atom is -0.300 e. The van der Waals surface area contributed by atoms with Gasteiger partial charge in [0.1, 0.15) is 0 Å². The minimum absolute atomic E-state index is 0.193. The van der Waals surface area contributed by atoms with Gasteiger partial charge in [-0.2, -0.15) is 18.3 Å². The summed E-state index contributed by atoms with van der Waals surface area (Å²) in [4.78, 5) is 0. The third-order valence-corrected chi connectivity index (χ3v) is 2.72. The fraction of sp³-hybridized carbons (Fsp3) is 0.273. The summed E-state index contributed by atoms with van der Waals surface area (Å²) in [5.41, 5.74) is 0.729. The zero-order valence-corrected chi connectivity index (χ0v) is 10.1. The van der Waals surface area contributed by atoms with Crippen LogP contribution in [-0.4, -0.2) is 20.9 Å². The maximum absolute atomic E-state index is 12.2. The molecule has 18 heavy (non-hydrogen) atoms. The van der Waals surface area contributed by atoms with E-state index in [9.17, 15) is 13.2 Å². The molecular formula is C11H10F3N3S. The van der Waals surface area contributed by atoms with E-state index in [1.54, 1.807) is 24.3 Å². The highest BCUT2D eigenvalue weighted by molar-refractivity contribution is 7.71.